The Morgan fingerprint density at radius 2 is 1.78 bits per heavy atom. The maximum atomic E-state index is 13.9. The first-order valence-electron chi connectivity index (χ1n) is 12.0. The Labute approximate surface area is 192 Å². The van der Waals surface area contributed by atoms with Crippen LogP contribution in [0.25, 0.3) is 5.57 Å². The minimum atomic E-state index is -2.70. The SMILES string of the molecule is C[C@H]1CC[C@H](C(=O)N(c2cc(C3=CCCCC3)sc2C(=O)O)C2CCC(F)(F)CC2)CC1. The van der Waals surface area contributed by atoms with Gasteiger partial charge in [-0.2, -0.15) is 0 Å². The van der Waals surface area contributed by atoms with Gasteiger partial charge in [-0.3, -0.25) is 4.79 Å². The quantitative estimate of drug-likeness (QED) is 0.503. The van der Waals surface area contributed by atoms with Gasteiger partial charge in [0.1, 0.15) is 4.88 Å². The second-order valence-electron chi connectivity index (χ2n) is 9.86. The van der Waals surface area contributed by atoms with Gasteiger partial charge in [-0.05, 0) is 81.8 Å². The summed E-state index contributed by atoms with van der Waals surface area (Å²) >= 11 is 1.22. The molecule has 3 aliphatic rings. The van der Waals surface area contributed by atoms with Crippen LogP contribution in [-0.4, -0.2) is 28.9 Å². The average Bonchev–Trinajstić information content (AvgIpc) is 3.21. The molecule has 176 valence electrons. The van der Waals surface area contributed by atoms with E-state index in [4.69, 9.17) is 0 Å². The zero-order chi connectivity index (χ0) is 22.9. The first-order valence-corrected chi connectivity index (χ1v) is 12.8. The lowest BCUT2D eigenvalue weighted by Gasteiger charge is -2.39. The average molecular weight is 466 g/mol. The van der Waals surface area contributed by atoms with Gasteiger partial charge in [0.05, 0.1) is 5.69 Å². The molecular weight excluding hydrogens is 432 g/mol. The van der Waals surface area contributed by atoms with Gasteiger partial charge >= 0.3 is 5.97 Å². The third-order valence-corrected chi connectivity index (χ3v) is 8.62. The lowest BCUT2D eigenvalue weighted by Crippen LogP contribution is -2.47. The van der Waals surface area contributed by atoms with Crippen LogP contribution in [0.5, 0.6) is 0 Å². The van der Waals surface area contributed by atoms with Crippen LogP contribution in [0.15, 0.2) is 12.1 Å². The molecule has 2 saturated carbocycles. The fourth-order valence-corrected chi connectivity index (χ4v) is 6.47. The number of carbonyl (C=O) groups is 2. The number of carbonyl (C=O) groups excluding carboxylic acids is 1. The van der Waals surface area contributed by atoms with Crippen molar-refractivity contribution in [3.8, 4) is 0 Å². The Hall–Kier alpha value is -1.76. The number of aromatic carboxylic acids is 1. The second-order valence-corrected chi connectivity index (χ2v) is 10.9. The molecule has 1 amide bonds. The summed E-state index contributed by atoms with van der Waals surface area (Å²) < 4.78 is 27.8. The smallest absolute Gasteiger partial charge is 0.348 e. The predicted molar refractivity (Wildman–Crippen MR) is 124 cm³/mol. The van der Waals surface area contributed by atoms with Crippen molar-refractivity contribution in [1.82, 2.24) is 0 Å². The highest BCUT2D eigenvalue weighted by molar-refractivity contribution is 7.15. The largest absolute Gasteiger partial charge is 0.477 e. The van der Waals surface area contributed by atoms with Gasteiger partial charge < -0.3 is 10.0 Å². The number of alkyl halides is 2. The third kappa shape index (κ3) is 5.08. The standard InChI is InChI=1S/C25H33F2NO3S/c1-16-7-9-18(10-8-16)23(29)28(19-11-13-25(26,27)14-12-19)20-15-21(32-22(20)24(30)31)17-5-3-2-4-6-17/h5,15-16,18-19H,2-4,6-14H2,1H3,(H,30,31)/t16-,18-. The number of anilines is 1. The number of amides is 1. The number of carboxylic acid groups (broad SMARTS) is 1. The van der Waals surface area contributed by atoms with E-state index in [-0.39, 0.29) is 48.4 Å². The van der Waals surface area contributed by atoms with Gasteiger partial charge in [-0.1, -0.05) is 13.0 Å². The molecule has 7 heteroatoms. The van der Waals surface area contributed by atoms with Crippen molar-refractivity contribution >= 4 is 34.5 Å². The van der Waals surface area contributed by atoms with E-state index in [2.05, 4.69) is 13.0 Å². The fraction of sp³-hybridized carbons (Fsp3) is 0.680. The van der Waals surface area contributed by atoms with E-state index in [0.717, 1.165) is 61.8 Å². The topological polar surface area (TPSA) is 57.6 Å². The summed E-state index contributed by atoms with van der Waals surface area (Å²) in [5.41, 5.74) is 1.56. The van der Waals surface area contributed by atoms with Crippen LogP contribution in [0.4, 0.5) is 14.5 Å². The zero-order valence-corrected chi connectivity index (χ0v) is 19.6. The molecule has 2 fully saturated rings. The summed E-state index contributed by atoms with van der Waals surface area (Å²) in [5, 5.41) is 9.97. The van der Waals surface area contributed by atoms with E-state index in [9.17, 15) is 23.5 Å². The van der Waals surface area contributed by atoms with Gasteiger partial charge in [0.2, 0.25) is 11.8 Å². The van der Waals surface area contributed by atoms with E-state index >= 15 is 0 Å². The summed E-state index contributed by atoms with van der Waals surface area (Å²) in [6.45, 7) is 2.19. The molecule has 0 radical (unpaired) electrons. The summed E-state index contributed by atoms with van der Waals surface area (Å²) in [6, 6.07) is 1.48. The number of halogens is 2. The van der Waals surface area contributed by atoms with Crippen molar-refractivity contribution < 1.29 is 23.5 Å². The molecule has 0 aliphatic heterocycles. The molecule has 0 bridgehead atoms. The summed E-state index contributed by atoms with van der Waals surface area (Å²) in [5.74, 6) is -3.40. The number of nitrogens with zero attached hydrogens (tertiary/aromatic N) is 1. The Morgan fingerprint density at radius 1 is 1.09 bits per heavy atom. The molecule has 1 aromatic rings. The molecule has 3 aliphatic carbocycles. The molecule has 0 saturated heterocycles. The highest BCUT2D eigenvalue weighted by Crippen LogP contribution is 2.43. The molecule has 1 N–H and O–H groups in total. The molecule has 32 heavy (non-hydrogen) atoms. The predicted octanol–water partition coefficient (Wildman–Crippen LogP) is 7.14. The van der Waals surface area contributed by atoms with Crippen molar-refractivity contribution in [3.05, 3.63) is 21.9 Å². The van der Waals surface area contributed by atoms with Crippen LogP contribution in [-0.2, 0) is 4.79 Å². The van der Waals surface area contributed by atoms with Crippen LogP contribution in [0, 0.1) is 11.8 Å². The van der Waals surface area contributed by atoms with Crippen LogP contribution >= 0.6 is 11.3 Å². The highest BCUT2D eigenvalue weighted by Gasteiger charge is 2.42. The lowest BCUT2D eigenvalue weighted by molar-refractivity contribution is -0.124. The number of hydrogen-bond acceptors (Lipinski definition) is 3. The molecule has 0 aromatic carbocycles. The zero-order valence-electron chi connectivity index (χ0n) is 18.7. The van der Waals surface area contributed by atoms with Crippen LogP contribution < -0.4 is 4.90 Å². The Bertz CT molecular complexity index is 876. The lowest BCUT2D eigenvalue weighted by atomic mass is 9.81. The monoisotopic (exact) mass is 465 g/mol. The normalized spacial score (nSPS) is 26.4. The first kappa shape index (κ1) is 23.4. The van der Waals surface area contributed by atoms with Crippen molar-refractivity contribution in [2.45, 2.75) is 95.9 Å². The molecule has 0 spiro atoms. The van der Waals surface area contributed by atoms with Gasteiger partial charge in [0, 0.05) is 29.7 Å². The maximum absolute atomic E-state index is 13.9. The summed E-state index contributed by atoms with van der Waals surface area (Å²) in [4.78, 5) is 28.6. The van der Waals surface area contributed by atoms with E-state index in [1.165, 1.54) is 11.3 Å². The first-order chi connectivity index (χ1) is 15.2. The molecule has 1 aromatic heterocycles. The van der Waals surface area contributed by atoms with Crippen molar-refractivity contribution in [1.29, 1.82) is 0 Å². The van der Waals surface area contributed by atoms with Crippen LogP contribution in [0.1, 0.15) is 98.5 Å². The van der Waals surface area contributed by atoms with Crippen LogP contribution in [0.2, 0.25) is 0 Å². The van der Waals surface area contributed by atoms with Gasteiger partial charge in [-0.25, -0.2) is 13.6 Å². The Balaban J connectivity index is 1.70. The Morgan fingerprint density at radius 3 is 2.38 bits per heavy atom. The molecule has 1 heterocycles. The third-order valence-electron chi connectivity index (χ3n) is 7.43. The fourth-order valence-electron chi connectivity index (χ4n) is 5.42. The number of rotatable bonds is 5. The maximum Gasteiger partial charge on any atom is 0.348 e. The minimum absolute atomic E-state index is 0.0726. The Kier molecular flexibility index (Phi) is 7.03. The second kappa shape index (κ2) is 9.62. The number of carboxylic acids is 1. The summed E-state index contributed by atoms with van der Waals surface area (Å²) in [7, 11) is 0. The van der Waals surface area contributed by atoms with Gasteiger partial charge in [0.15, 0.2) is 0 Å². The van der Waals surface area contributed by atoms with E-state index in [1.807, 2.05) is 6.07 Å². The van der Waals surface area contributed by atoms with E-state index in [1.54, 1.807) is 4.90 Å². The molecule has 0 atom stereocenters. The van der Waals surface area contributed by atoms with E-state index in [0.29, 0.717) is 11.6 Å². The minimum Gasteiger partial charge on any atom is -0.477 e. The van der Waals surface area contributed by atoms with Crippen molar-refractivity contribution in [2.24, 2.45) is 11.8 Å². The molecular formula is C25H33F2NO3S. The van der Waals surface area contributed by atoms with E-state index < -0.39 is 11.9 Å². The number of hydrogen-bond donors (Lipinski definition) is 1. The van der Waals surface area contributed by atoms with Crippen LogP contribution in [0.3, 0.4) is 0 Å². The van der Waals surface area contributed by atoms with Crippen molar-refractivity contribution in [3.63, 3.8) is 0 Å². The molecule has 4 rings (SSSR count). The summed E-state index contributed by atoms with van der Waals surface area (Å²) in [6.07, 6.45) is 9.66. The van der Waals surface area contributed by atoms with Crippen molar-refractivity contribution in [2.75, 3.05) is 4.90 Å². The highest BCUT2D eigenvalue weighted by atomic mass is 32.1. The van der Waals surface area contributed by atoms with Gasteiger partial charge in [0.25, 0.3) is 0 Å². The number of thiophene rings is 1. The van der Waals surface area contributed by atoms with Gasteiger partial charge in [-0.15, -0.1) is 11.3 Å². The molecule has 4 nitrogen and oxygen atoms in total. The molecule has 0 unspecified atom stereocenters. The number of allylic oxidation sites excluding steroid dienone is 2.